The van der Waals surface area contributed by atoms with Gasteiger partial charge in [0.2, 0.25) is 0 Å². The molecule has 1 aromatic rings. The Morgan fingerprint density at radius 2 is 2.04 bits per heavy atom. The summed E-state index contributed by atoms with van der Waals surface area (Å²) in [5, 5.41) is 16.3. The number of aliphatic hydroxyl groups excluding tert-OH is 1. The maximum absolute atomic E-state index is 9.43. The second-order valence-electron chi connectivity index (χ2n) is 6.29. The van der Waals surface area contributed by atoms with Gasteiger partial charge in [0, 0.05) is 24.6 Å². The molecule has 0 aromatic carbocycles. The highest BCUT2D eigenvalue weighted by molar-refractivity contribution is 14.0. The predicted molar refractivity (Wildman–Crippen MR) is 117 cm³/mol. The largest absolute Gasteiger partial charge is 0.396 e. The summed E-state index contributed by atoms with van der Waals surface area (Å²) in [6.45, 7) is 4.81. The van der Waals surface area contributed by atoms with Crippen LogP contribution in [-0.4, -0.2) is 30.8 Å². The van der Waals surface area contributed by atoms with Crippen LogP contribution in [0.15, 0.2) is 20.9 Å². The van der Waals surface area contributed by atoms with E-state index < -0.39 is 0 Å². The van der Waals surface area contributed by atoms with Gasteiger partial charge in [0.25, 0.3) is 0 Å². The molecule has 1 aromatic heterocycles. The zero-order valence-corrected chi connectivity index (χ0v) is 19.0. The summed E-state index contributed by atoms with van der Waals surface area (Å²) < 4.78 is 1.14. The summed E-state index contributed by atoms with van der Waals surface area (Å²) in [6, 6.07) is 4.17. The first kappa shape index (κ1) is 22.2. The highest BCUT2D eigenvalue weighted by Crippen LogP contribution is 2.38. The third kappa shape index (κ3) is 7.17. The number of nitrogens with zero attached hydrogens (tertiary/aromatic N) is 1. The van der Waals surface area contributed by atoms with Crippen LogP contribution >= 0.6 is 51.2 Å². The van der Waals surface area contributed by atoms with Crippen molar-refractivity contribution >= 4 is 57.2 Å². The molecule has 0 bridgehead atoms. The number of hydrogen-bond acceptors (Lipinski definition) is 3. The average molecular weight is 530 g/mol. The number of nitrogens with one attached hydrogen (secondary N) is 2. The molecule has 0 amide bonds. The van der Waals surface area contributed by atoms with Gasteiger partial charge in [0.05, 0.1) is 10.3 Å². The average Bonchev–Trinajstić information content (AvgIpc) is 2.97. The zero-order chi connectivity index (χ0) is 16.5. The molecule has 7 heteroatoms. The number of thiophene rings is 1. The lowest BCUT2D eigenvalue weighted by molar-refractivity contribution is 0.131. The summed E-state index contributed by atoms with van der Waals surface area (Å²) in [7, 11) is 0. The van der Waals surface area contributed by atoms with E-state index in [9.17, 15) is 5.11 Å². The lowest BCUT2D eigenvalue weighted by Crippen LogP contribution is -2.44. The summed E-state index contributed by atoms with van der Waals surface area (Å²) in [6.07, 6.45) is 7.18. The second-order valence-corrected chi connectivity index (χ2v) is 8.84. The molecule has 1 aliphatic rings. The van der Waals surface area contributed by atoms with Gasteiger partial charge in [-0.2, -0.15) is 0 Å². The molecule has 1 heterocycles. The van der Waals surface area contributed by atoms with Gasteiger partial charge in [-0.25, -0.2) is 4.99 Å². The van der Waals surface area contributed by atoms with E-state index in [-0.39, 0.29) is 36.0 Å². The Kier molecular flexibility index (Phi) is 10.8. The van der Waals surface area contributed by atoms with Gasteiger partial charge >= 0.3 is 0 Å². The van der Waals surface area contributed by atoms with Gasteiger partial charge in [0.1, 0.15) is 0 Å². The molecule has 24 heavy (non-hydrogen) atoms. The van der Waals surface area contributed by atoms with E-state index in [0.29, 0.717) is 6.54 Å². The summed E-state index contributed by atoms with van der Waals surface area (Å²) in [4.78, 5) is 5.94. The van der Waals surface area contributed by atoms with E-state index in [1.165, 1.54) is 37.0 Å². The van der Waals surface area contributed by atoms with E-state index in [0.717, 1.165) is 29.3 Å². The molecule has 0 atom stereocenters. The van der Waals surface area contributed by atoms with Crippen LogP contribution in [0.3, 0.4) is 0 Å². The quantitative estimate of drug-likeness (QED) is 0.276. The van der Waals surface area contributed by atoms with Gasteiger partial charge in [-0.3, -0.25) is 0 Å². The van der Waals surface area contributed by atoms with Crippen LogP contribution in [0.1, 0.15) is 50.3 Å². The molecule has 0 radical (unpaired) electrons. The van der Waals surface area contributed by atoms with Crippen molar-refractivity contribution in [1.29, 1.82) is 0 Å². The second kappa shape index (κ2) is 11.7. The van der Waals surface area contributed by atoms with E-state index in [1.807, 2.05) is 0 Å². The van der Waals surface area contributed by atoms with Crippen LogP contribution in [0.4, 0.5) is 0 Å². The van der Waals surface area contributed by atoms with Crippen molar-refractivity contribution in [2.45, 2.75) is 52.0 Å². The number of aliphatic hydroxyl groups is 1. The molecule has 0 unspecified atom stereocenters. The van der Waals surface area contributed by atoms with Crippen molar-refractivity contribution in [3.8, 4) is 0 Å². The standard InChI is InChI=1S/C17H28BrN3OS.HI/c1-2-19-16(20-12-14-6-7-15(18)23-14)21-13-17(10-11-22)8-4-3-5-9-17;/h6-7,22H,2-5,8-13H2,1H3,(H2,19,20,21);1H. The highest BCUT2D eigenvalue weighted by Gasteiger charge is 2.31. The van der Waals surface area contributed by atoms with E-state index in [4.69, 9.17) is 4.99 Å². The smallest absolute Gasteiger partial charge is 0.191 e. The first-order chi connectivity index (χ1) is 11.2. The maximum atomic E-state index is 9.43. The SMILES string of the molecule is CCNC(=NCc1ccc(Br)s1)NCC1(CCO)CCCCC1.I. The fourth-order valence-electron chi connectivity index (χ4n) is 3.26. The fourth-order valence-corrected chi connectivity index (χ4v) is 4.67. The van der Waals surface area contributed by atoms with Crippen LogP contribution in [0, 0.1) is 5.41 Å². The van der Waals surface area contributed by atoms with Crippen molar-refractivity contribution in [1.82, 2.24) is 10.6 Å². The molecule has 1 aliphatic carbocycles. The first-order valence-corrected chi connectivity index (χ1v) is 10.2. The fraction of sp³-hybridized carbons (Fsp3) is 0.706. The molecule has 0 aliphatic heterocycles. The normalized spacial score (nSPS) is 17.2. The molecular weight excluding hydrogens is 501 g/mol. The van der Waals surface area contributed by atoms with Gasteiger partial charge in [-0.05, 0) is 59.7 Å². The Hall–Kier alpha value is 0.140. The number of aliphatic imine (C=N–C) groups is 1. The van der Waals surface area contributed by atoms with Crippen LogP contribution in [-0.2, 0) is 6.54 Å². The van der Waals surface area contributed by atoms with Crippen molar-refractivity contribution in [3.05, 3.63) is 20.8 Å². The molecule has 1 fully saturated rings. The minimum absolute atomic E-state index is 0. The van der Waals surface area contributed by atoms with Crippen LogP contribution in [0.5, 0.6) is 0 Å². The van der Waals surface area contributed by atoms with Gasteiger partial charge in [-0.1, -0.05) is 19.3 Å². The van der Waals surface area contributed by atoms with Gasteiger partial charge in [-0.15, -0.1) is 35.3 Å². The molecule has 4 nitrogen and oxygen atoms in total. The lowest BCUT2D eigenvalue weighted by Gasteiger charge is -2.37. The zero-order valence-electron chi connectivity index (χ0n) is 14.3. The number of guanidine groups is 1. The third-order valence-corrected chi connectivity index (χ3v) is 6.16. The van der Waals surface area contributed by atoms with Crippen LogP contribution in [0.25, 0.3) is 0 Å². The maximum Gasteiger partial charge on any atom is 0.191 e. The lowest BCUT2D eigenvalue weighted by atomic mass is 9.72. The Bertz CT molecular complexity index is 498. The molecular formula is C17H29BrIN3OS. The minimum Gasteiger partial charge on any atom is -0.396 e. The Morgan fingerprint density at radius 1 is 1.29 bits per heavy atom. The molecule has 2 rings (SSSR count). The van der Waals surface area contributed by atoms with Crippen molar-refractivity contribution in [2.24, 2.45) is 10.4 Å². The van der Waals surface area contributed by atoms with Crippen LogP contribution in [0.2, 0.25) is 0 Å². The first-order valence-electron chi connectivity index (χ1n) is 8.55. The van der Waals surface area contributed by atoms with E-state index in [1.54, 1.807) is 11.3 Å². The number of halogens is 2. The van der Waals surface area contributed by atoms with E-state index >= 15 is 0 Å². The van der Waals surface area contributed by atoms with Gasteiger partial charge < -0.3 is 15.7 Å². The Morgan fingerprint density at radius 3 is 2.62 bits per heavy atom. The summed E-state index contributed by atoms with van der Waals surface area (Å²) in [5.41, 5.74) is 0.231. The molecule has 138 valence electrons. The minimum atomic E-state index is 0. The predicted octanol–water partition coefficient (Wildman–Crippen LogP) is 4.52. The van der Waals surface area contributed by atoms with Crippen molar-refractivity contribution in [3.63, 3.8) is 0 Å². The number of hydrogen-bond donors (Lipinski definition) is 3. The molecule has 1 saturated carbocycles. The van der Waals surface area contributed by atoms with Gasteiger partial charge in [0.15, 0.2) is 5.96 Å². The number of rotatable bonds is 7. The van der Waals surface area contributed by atoms with Crippen molar-refractivity contribution < 1.29 is 5.11 Å². The monoisotopic (exact) mass is 529 g/mol. The van der Waals surface area contributed by atoms with E-state index in [2.05, 4.69) is 45.6 Å². The molecule has 0 saturated heterocycles. The van der Waals surface area contributed by atoms with Crippen LogP contribution < -0.4 is 10.6 Å². The Balaban J connectivity index is 0.00000288. The highest BCUT2D eigenvalue weighted by atomic mass is 127. The third-order valence-electron chi connectivity index (χ3n) is 4.55. The molecule has 3 N–H and O–H groups in total. The molecule has 0 spiro atoms. The summed E-state index contributed by atoms with van der Waals surface area (Å²) >= 11 is 5.21. The van der Waals surface area contributed by atoms with Crippen molar-refractivity contribution in [2.75, 3.05) is 19.7 Å². The topological polar surface area (TPSA) is 56.7 Å². The summed E-state index contributed by atoms with van der Waals surface area (Å²) in [5.74, 6) is 0.875. The Labute approximate surface area is 175 Å².